The van der Waals surface area contributed by atoms with Gasteiger partial charge in [-0.3, -0.25) is 0 Å². The Morgan fingerprint density at radius 1 is 0.390 bits per heavy atom. The molecule has 0 radical (unpaired) electrons. The van der Waals surface area contributed by atoms with E-state index in [-0.39, 0.29) is 10.8 Å². The van der Waals surface area contributed by atoms with Gasteiger partial charge in [0.15, 0.2) is 17.5 Å². The zero-order valence-electron chi connectivity index (χ0n) is 33.9. The molecule has 0 fully saturated rings. The summed E-state index contributed by atoms with van der Waals surface area (Å²) in [5.41, 5.74) is 12.0. The quantitative estimate of drug-likeness (QED) is 0.175. The van der Waals surface area contributed by atoms with Crippen LogP contribution in [0.5, 0.6) is 0 Å². The van der Waals surface area contributed by atoms with Gasteiger partial charge in [0.1, 0.15) is 0 Å². The molecule has 4 heteroatoms. The summed E-state index contributed by atoms with van der Waals surface area (Å²) in [6.07, 6.45) is 2.37. The molecule has 284 valence electrons. The first kappa shape index (κ1) is 35.3. The monoisotopic (exact) mass is 760 g/mol. The first-order valence-electron chi connectivity index (χ1n) is 20.7. The number of aromatic nitrogens is 4. The molecular formula is C55H44N4. The molecule has 8 aromatic carbocycles. The molecule has 0 bridgehead atoms. The van der Waals surface area contributed by atoms with Crippen LogP contribution in [-0.2, 0) is 10.8 Å². The van der Waals surface area contributed by atoms with Crippen LogP contribution < -0.4 is 0 Å². The molecule has 59 heavy (non-hydrogen) atoms. The predicted molar refractivity (Wildman–Crippen MR) is 246 cm³/mol. The highest BCUT2D eigenvalue weighted by Crippen LogP contribution is 2.48. The SMILES string of the molecule is CC1(C)CCC(C)(C)c2cc3c(cc21)c1ccccc1n3-c1ccc2ccc(-c3nc(-c4ccccc4)nc(-c4ccc(-c5cccc6ccccc56)cc4)n3)cc2c1. The summed E-state index contributed by atoms with van der Waals surface area (Å²) in [7, 11) is 0. The largest absolute Gasteiger partial charge is 0.309 e. The Balaban J connectivity index is 1.04. The van der Waals surface area contributed by atoms with Crippen molar-refractivity contribution in [2.45, 2.75) is 51.4 Å². The maximum Gasteiger partial charge on any atom is 0.164 e. The van der Waals surface area contributed by atoms with Gasteiger partial charge in [0.25, 0.3) is 0 Å². The molecular weight excluding hydrogens is 717 g/mol. The number of para-hydroxylation sites is 1. The highest BCUT2D eigenvalue weighted by Gasteiger charge is 2.38. The Kier molecular flexibility index (Phi) is 7.96. The van der Waals surface area contributed by atoms with E-state index in [0.29, 0.717) is 17.5 Å². The number of hydrogen-bond donors (Lipinski definition) is 0. The average molecular weight is 761 g/mol. The molecule has 1 aliphatic carbocycles. The van der Waals surface area contributed by atoms with Crippen LogP contribution in [0.3, 0.4) is 0 Å². The van der Waals surface area contributed by atoms with Crippen molar-refractivity contribution in [2.24, 2.45) is 0 Å². The standard InChI is InChI=1S/C55H44N4/c1-54(2)29-30-55(3,4)48-34-50-46(33-47(48)54)45-18-10-11-20-49(45)59(50)42-28-27-35-21-26-40(31-41(35)32-42)53-57-51(38-14-6-5-7-15-38)56-52(58-53)39-24-22-37(23-25-39)44-19-12-16-36-13-8-9-17-43(36)44/h5-28,31-34H,29-30H2,1-4H3. The summed E-state index contributed by atoms with van der Waals surface area (Å²) in [6.45, 7) is 9.64. The molecule has 11 rings (SSSR count). The first-order chi connectivity index (χ1) is 28.7. The van der Waals surface area contributed by atoms with Crippen molar-refractivity contribution in [1.29, 1.82) is 0 Å². The third-order valence-electron chi connectivity index (χ3n) is 12.9. The maximum absolute atomic E-state index is 5.15. The van der Waals surface area contributed by atoms with Crippen molar-refractivity contribution in [3.05, 3.63) is 181 Å². The van der Waals surface area contributed by atoms with Gasteiger partial charge in [-0.25, -0.2) is 15.0 Å². The van der Waals surface area contributed by atoms with Gasteiger partial charge in [-0.1, -0.05) is 161 Å². The van der Waals surface area contributed by atoms with Gasteiger partial charge in [0.05, 0.1) is 11.0 Å². The Bertz CT molecular complexity index is 3260. The smallest absolute Gasteiger partial charge is 0.164 e. The molecule has 0 saturated carbocycles. The second-order valence-corrected chi connectivity index (χ2v) is 17.6. The molecule has 2 aromatic heterocycles. The maximum atomic E-state index is 5.15. The number of nitrogens with zero attached hydrogens (tertiary/aromatic N) is 4. The first-order valence-corrected chi connectivity index (χ1v) is 20.7. The van der Waals surface area contributed by atoms with Crippen molar-refractivity contribution < 1.29 is 0 Å². The van der Waals surface area contributed by atoms with Crippen molar-refractivity contribution in [3.8, 4) is 51.0 Å². The van der Waals surface area contributed by atoms with E-state index in [1.165, 1.54) is 67.5 Å². The minimum absolute atomic E-state index is 0.111. The van der Waals surface area contributed by atoms with E-state index in [0.717, 1.165) is 33.3 Å². The molecule has 10 aromatic rings. The zero-order valence-corrected chi connectivity index (χ0v) is 33.9. The van der Waals surface area contributed by atoms with Gasteiger partial charge in [0.2, 0.25) is 0 Å². The van der Waals surface area contributed by atoms with Gasteiger partial charge in [-0.05, 0) is 104 Å². The highest BCUT2D eigenvalue weighted by atomic mass is 15.0. The van der Waals surface area contributed by atoms with Crippen LogP contribution >= 0.6 is 0 Å². The van der Waals surface area contributed by atoms with Crippen LogP contribution in [0, 0.1) is 0 Å². The summed E-state index contributed by atoms with van der Waals surface area (Å²) >= 11 is 0. The lowest BCUT2D eigenvalue weighted by molar-refractivity contribution is 0.332. The van der Waals surface area contributed by atoms with Gasteiger partial charge >= 0.3 is 0 Å². The summed E-state index contributed by atoms with van der Waals surface area (Å²) < 4.78 is 2.46. The molecule has 0 spiro atoms. The van der Waals surface area contributed by atoms with Crippen LogP contribution in [0.15, 0.2) is 170 Å². The molecule has 0 unspecified atom stereocenters. The summed E-state index contributed by atoms with van der Waals surface area (Å²) in [4.78, 5) is 15.3. The van der Waals surface area contributed by atoms with Gasteiger partial charge < -0.3 is 4.57 Å². The van der Waals surface area contributed by atoms with Crippen LogP contribution in [0.25, 0.3) is 94.3 Å². The van der Waals surface area contributed by atoms with E-state index in [1.807, 2.05) is 18.2 Å². The highest BCUT2D eigenvalue weighted by molar-refractivity contribution is 6.10. The number of fused-ring (bicyclic) bond motifs is 6. The molecule has 0 N–H and O–H groups in total. The minimum Gasteiger partial charge on any atom is -0.309 e. The number of rotatable bonds is 5. The van der Waals surface area contributed by atoms with Crippen molar-refractivity contribution in [1.82, 2.24) is 19.5 Å². The molecule has 0 saturated heterocycles. The van der Waals surface area contributed by atoms with E-state index in [2.05, 4.69) is 184 Å². The number of hydrogen-bond acceptors (Lipinski definition) is 3. The van der Waals surface area contributed by atoms with E-state index in [1.54, 1.807) is 0 Å². The van der Waals surface area contributed by atoms with Gasteiger partial charge in [0, 0.05) is 33.2 Å². The zero-order chi connectivity index (χ0) is 39.9. The fourth-order valence-corrected chi connectivity index (χ4v) is 9.45. The summed E-state index contributed by atoms with van der Waals surface area (Å²) in [5, 5.41) is 7.37. The predicted octanol–water partition coefficient (Wildman–Crippen LogP) is 14.3. The summed E-state index contributed by atoms with van der Waals surface area (Å²) in [6, 6.07) is 61.1. The lowest BCUT2D eigenvalue weighted by Crippen LogP contribution is -2.33. The molecule has 0 aliphatic heterocycles. The van der Waals surface area contributed by atoms with Gasteiger partial charge in [-0.15, -0.1) is 0 Å². The Morgan fingerprint density at radius 2 is 0.966 bits per heavy atom. The second kappa shape index (κ2) is 13.3. The van der Waals surface area contributed by atoms with E-state index in [4.69, 9.17) is 15.0 Å². The minimum atomic E-state index is 0.111. The molecule has 4 nitrogen and oxygen atoms in total. The second-order valence-electron chi connectivity index (χ2n) is 17.6. The Hall–Kier alpha value is -6.91. The van der Waals surface area contributed by atoms with Gasteiger partial charge in [-0.2, -0.15) is 0 Å². The average Bonchev–Trinajstić information content (AvgIpc) is 3.61. The molecule has 2 heterocycles. The van der Waals surface area contributed by atoms with E-state index >= 15 is 0 Å². The number of benzene rings is 8. The molecule has 1 aliphatic rings. The van der Waals surface area contributed by atoms with E-state index in [9.17, 15) is 0 Å². The Morgan fingerprint density at radius 3 is 1.73 bits per heavy atom. The lowest BCUT2D eigenvalue weighted by atomic mass is 9.63. The van der Waals surface area contributed by atoms with Crippen molar-refractivity contribution in [2.75, 3.05) is 0 Å². The molecule has 0 atom stereocenters. The van der Waals surface area contributed by atoms with Crippen molar-refractivity contribution in [3.63, 3.8) is 0 Å². The summed E-state index contributed by atoms with van der Waals surface area (Å²) in [5.74, 6) is 1.94. The lowest BCUT2D eigenvalue weighted by Gasteiger charge is -2.42. The third kappa shape index (κ3) is 5.93. The normalized spacial score (nSPS) is 14.6. The Labute approximate surface area is 344 Å². The van der Waals surface area contributed by atoms with Crippen LogP contribution in [0.1, 0.15) is 51.7 Å². The van der Waals surface area contributed by atoms with Crippen LogP contribution in [-0.4, -0.2) is 19.5 Å². The fourth-order valence-electron chi connectivity index (χ4n) is 9.45. The molecule has 0 amide bonds. The third-order valence-corrected chi connectivity index (χ3v) is 12.9. The van der Waals surface area contributed by atoms with Crippen LogP contribution in [0.4, 0.5) is 0 Å². The van der Waals surface area contributed by atoms with Crippen LogP contribution in [0.2, 0.25) is 0 Å². The topological polar surface area (TPSA) is 43.6 Å². The fraction of sp³-hybridized carbons (Fsp3) is 0.145. The van der Waals surface area contributed by atoms with E-state index < -0.39 is 0 Å². The van der Waals surface area contributed by atoms with Crippen molar-refractivity contribution >= 4 is 43.4 Å².